The average molecular weight is 651 g/mol. The fraction of sp³-hybridized carbons (Fsp3) is 0.243. The molecule has 6 rings (SSSR count). The topological polar surface area (TPSA) is 86.2 Å². The Hall–Kier alpha value is -4.37. The highest BCUT2D eigenvalue weighted by molar-refractivity contribution is 7.22. The van der Waals surface area contributed by atoms with Crippen molar-refractivity contribution in [2.75, 3.05) is 19.0 Å². The van der Waals surface area contributed by atoms with Gasteiger partial charge in [-0.2, -0.15) is 0 Å². The van der Waals surface area contributed by atoms with E-state index in [2.05, 4.69) is 33.5 Å². The average Bonchev–Trinajstić information content (AvgIpc) is 3.46. The van der Waals surface area contributed by atoms with Gasteiger partial charge >= 0.3 is 5.97 Å². The number of anilines is 1. The number of hydrogen-bond donors (Lipinski definition) is 1. The van der Waals surface area contributed by atoms with Gasteiger partial charge in [0.2, 0.25) is 0 Å². The van der Waals surface area contributed by atoms with Crippen LogP contribution < -0.4 is 5.32 Å². The molecule has 0 radical (unpaired) electrons. The predicted octanol–water partition coefficient (Wildman–Crippen LogP) is 9.66. The van der Waals surface area contributed by atoms with Crippen molar-refractivity contribution in [2.45, 2.75) is 46.3 Å². The van der Waals surface area contributed by atoms with E-state index < -0.39 is 17.7 Å². The molecule has 0 saturated carbocycles. The number of benzene rings is 3. The largest absolute Gasteiger partial charge is 0.464 e. The number of fused-ring (bicyclic) bond motifs is 2. The number of nitrogens with one attached hydrogen (secondary N) is 1. The van der Waals surface area contributed by atoms with Crippen molar-refractivity contribution in [3.8, 4) is 33.0 Å². The molecule has 1 N–H and O–H groups in total. The van der Waals surface area contributed by atoms with Crippen molar-refractivity contribution in [1.82, 2.24) is 15.0 Å². The number of thiazole rings is 1. The van der Waals surface area contributed by atoms with E-state index in [1.807, 2.05) is 95.5 Å². The highest BCUT2D eigenvalue weighted by Gasteiger charge is 2.33. The minimum Gasteiger partial charge on any atom is -0.464 e. The maximum absolute atomic E-state index is 13.5. The number of ether oxygens (including phenoxy) is 2. The number of halogens is 1. The van der Waals surface area contributed by atoms with Gasteiger partial charge in [0, 0.05) is 45.9 Å². The number of aromatic nitrogens is 3. The quantitative estimate of drug-likeness (QED) is 0.164. The van der Waals surface area contributed by atoms with Crippen LogP contribution in [0.2, 0.25) is 5.02 Å². The number of rotatable bonds is 8. The SMILES string of the molecule is CCOC(=O)[C@@H](OC(C)(C)C)c1c(C)cc2nc(-c3ccnc(-c4ccc5nc(NC)ccc5c4)c3)sc2c1-c1ccc(Cl)cc1. The molecule has 3 aromatic carbocycles. The number of carbonyl (C=O) groups is 1. The van der Waals surface area contributed by atoms with Gasteiger partial charge in [-0.15, -0.1) is 11.3 Å². The lowest BCUT2D eigenvalue weighted by Gasteiger charge is -2.29. The van der Waals surface area contributed by atoms with Crippen LogP contribution in [-0.4, -0.2) is 40.2 Å². The van der Waals surface area contributed by atoms with Gasteiger partial charge in [0.05, 0.1) is 33.6 Å². The van der Waals surface area contributed by atoms with Crippen molar-refractivity contribution in [2.24, 2.45) is 0 Å². The molecule has 0 bridgehead atoms. The summed E-state index contributed by atoms with van der Waals surface area (Å²) >= 11 is 7.88. The zero-order valence-electron chi connectivity index (χ0n) is 26.6. The molecule has 234 valence electrons. The second-order valence-corrected chi connectivity index (χ2v) is 13.4. The molecule has 0 aliphatic carbocycles. The summed E-state index contributed by atoms with van der Waals surface area (Å²) in [4.78, 5) is 27.9. The van der Waals surface area contributed by atoms with Crippen molar-refractivity contribution < 1.29 is 14.3 Å². The van der Waals surface area contributed by atoms with Gasteiger partial charge in [0.1, 0.15) is 10.8 Å². The molecule has 3 heterocycles. The molecule has 46 heavy (non-hydrogen) atoms. The standard InChI is InChI=1S/C37H35ClN4O3S/c1-7-44-36(43)33(45-37(3,4)5)31-21(2)18-29-34(32(31)22-8-12-26(38)13-9-22)46-35(42-29)25-16-17-40-28(20-25)24-10-14-27-23(19-24)11-15-30(39-6)41-27/h8-20,33H,7H2,1-6H3,(H,39,41)/t33-/m0/s1. The third-order valence-electron chi connectivity index (χ3n) is 7.54. The lowest BCUT2D eigenvalue weighted by atomic mass is 9.91. The molecule has 0 saturated heterocycles. The Morgan fingerprint density at radius 3 is 2.41 bits per heavy atom. The molecule has 7 nitrogen and oxygen atoms in total. The molecule has 0 amide bonds. The Morgan fingerprint density at radius 1 is 0.935 bits per heavy atom. The van der Waals surface area contributed by atoms with Crippen LogP contribution >= 0.6 is 22.9 Å². The van der Waals surface area contributed by atoms with Crippen LogP contribution in [0.1, 0.15) is 44.9 Å². The van der Waals surface area contributed by atoms with Crippen molar-refractivity contribution in [1.29, 1.82) is 0 Å². The molecule has 1 atom stereocenters. The molecule has 0 unspecified atom stereocenters. The van der Waals surface area contributed by atoms with E-state index in [1.165, 1.54) is 0 Å². The summed E-state index contributed by atoms with van der Waals surface area (Å²) in [5.74, 6) is 0.400. The maximum atomic E-state index is 13.5. The molecular formula is C37H35ClN4O3S. The van der Waals surface area contributed by atoms with E-state index in [0.717, 1.165) is 71.0 Å². The second-order valence-electron chi connectivity index (χ2n) is 12.0. The third kappa shape index (κ3) is 6.47. The van der Waals surface area contributed by atoms with Crippen LogP contribution in [0.15, 0.2) is 79.0 Å². The summed E-state index contributed by atoms with van der Waals surface area (Å²) in [7, 11) is 1.86. The first-order chi connectivity index (χ1) is 22.0. The number of carbonyl (C=O) groups excluding carboxylic acids is 1. The number of aryl methyl sites for hydroxylation is 1. The third-order valence-corrected chi connectivity index (χ3v) is 8.93. The van der Waals surface area contributed by atoms with Gasteiger partial charge in [-0.1, -0.05) is 29.8 Å². The van der Waals surface area contributed by atoms with Gasteiger partial charge in [0.25, 0.3) is 0 Å². The first-order valence-corrected chi connectivity index (χ1v) is 16.3. The fourth-order valence-corrected chi connectivity index (χ4v) is 6.76. The summed E-state index contributed by atoms with van der Waals surface area (Å²) in [6.07, 6.45) is 0.883. The molecular weight excluding hydrogens is 616 g/mol. The van der Waals surface area contributed by atoms with Gasteiger partial charge in [-0.3, -0.25) is 4.98 Å². The molecule has 9 heteroatoms. The zero-order valence-corrected chi connectivity index (χ0v) is 28.2. The Morgan fingerprint density at radius 2 is 1.70 bits per heavy atom. The maximum Gasteiger partial charge on any atom is 0.339 e. The first-order valence-electron chi connectivity index (χ1n) is 15.1. The van der Waals surface area contributed by atoms with E-state index in [4.69, 9.17) is 26.1 Å². The summed E-state index contributed by atoms with van der Waals surface area (Å²) < 4.78 is 12.9. The number of pyridine rings is 2. The Bertz CT molecular complexity index is 2070. The van der Waals surface area contributed by atoms with Crippen LogP contribution in [0.5, 0.6) is 0 Å². The molecule has 0 aliphatic rings. The summed E-state index contributed by atoms with van der Waals surface area (Å²) in [6, 6.07) is 23.9. The van der Waals surface area contributed by atoms with E-state index in [1.54, 1.807) is 18.3 Å². The molecule has 0 aliphatic heterocycles. The van der Waals surface area contributed by atoms with Gasteiger partial charge in [-0.05, 0) is 100 Å². The predicted molar refractivity (Wildman–Crippen MR) is 189 cm³/mol. The molecule has 6 aromatic rings. The zero-order chi connectivity index (χ0) is 32.6. The van der Waals surface area contributed by atoms with Crippen LogP contribution in [0, 0.1) is 6.92 Å². The summed E-state index contributed by atoms with van der Waals surface area (Å²) in [5.41, 5.74) is 7.37. The van der Waals surface area contributed by atoms with Gasteiger partial charge < -0.3 is 14.8 Å². The van der Waals surface area contributed by atoms with Crippen molar-refractivity contribution in [3.05, 3.63) is 95.1 Å². The Labute approximate surface area is 277 Å². The second kappa shape index (κ2) is 12.8. The lowest BCUT2D eigenvalue weighted by molar-refractivity contribution is -0.166. The Balaban J connectivity index is 1.51. The highest BCUT2D eigenvalue weighted by atomic mass is 35.5. The van der Waals surface area contributed by atoms with Gasteiger partial charge in [0.15, 0.2) is 6.10 Å². The van der Waals surface area contributed by atoms with E-state index in [-0.39, 0.29) is 6.61 Å². The van der Waals surface area contributed by atoms with Crippen LogP contribution in [0.25, 0.3) is 54.1 Å². The van der Waals surface area contributed by atoms with Gasteiger partial charge in [-0.25, -0.2) is 14.8 Å². The summed E-state index contributed by atoms with van der Waals surface area (Å²) in [5, 5.41) is 5.59. The number of esters is 1. The van der Waals surface area contributed by atoms with E-state index in [0.29, 0.717) is 5.02 Å². The monoisotopic (exact) mass is 650 g/mol. The normalized spacial score (nSPS) is 12.4. The Kier molecular flexibility index (Phi) is 8.79. The first kappa shape index (κ1) is 31.6. The number of nitrogens with zero attached hydrogens (tertiary/aromatic N) is 3. The summed E-state index contributed by atoms with van der Waals surface area (Å²) in [6.45, 7) is 9.85. The highest BCUT2D eigenvalue weighted by Crippen LogP contribution is 2.45. The minimum absolute atomic E-state index is 0.250. The van der Waals surface area contributed by atoms with Crippen LogP contribution in [0.4, 0.5) is 5.82 Å². The molecule has 0 fully saturated rings. The fourth-order valence-electron chi connectivity index (χ4n) is 5.52. The lowest BCUT2D eigenvalue weighted by Crippen LogP contribution is -2.29. The molecule has 3 aromatic heterocycles. The smallest absolute Gasteiger partial charge is 0.339 e. The number of hydrogen-bond acceptors (Lipinski definition) is 8. The van der Waals surface area contributed by atoms with E-state index >= 15 is 0 Å². The van der Waals surface area contributed by atoms with Crippen molar-refractivity contribution >= 4 is 55.8 Å². The van der Waals surface area contributed by atoms with Crippen LogP contribution in [-0.2, 0) is 14.3 Å². The van der Waals surface area contributed by atoms with Crippen LogP contribution in [0.3, 0.4) is 0 Å². The van der Waals surface area contributed by atoms with Crippen molar-refractivity contribution in [3.63, 3.8) is 0 Å². The van der Waals surface area contributed by atoms with E-state index in [9.17, 15) is 4.79 Å². The minimum atomic E-state index is -0.931. The molecule has 0 spiro atoms.